The molecule has 2 aromatic heterocycles. The second-order valence-electron chi connectivity index (χ2n) is 9.10. The van der Waals surface area contributed by atoms with E-state index in [9.17, 15) is 0 Å². The first kappa shape index (κ1) is 23.8. The summed E-state index contributed by atoms with van der Waals surface area (Å²) in [5.41, 5.74) is 4.33. The number of hydrogen-bond donors (Lipinski definition) is 1. The summed E-state index contributed by atoms with van der Waals surface area (Å²) in [7, 11) is 3.31. The molecule has 35 heavy (non-hydrogen) atoms. The minimum atomic E-state index is -0.207. The Labute approximate surface area is 210 Å². The van der Waals surface area contributed by atoms with Gasteiger partial charge in [0.05, 0.1) is 30.1 Å². The molecule has 2 aromatic carbocycles. The van der Waals surface area contributed by atoms with Crippen LogP contribution in [0, 0.1) is 0 Å². The predicted octanol–water partition coefficient (Wildman–Crippen LogP) is 5.18. The molecule has 4 aromatic rings. The Bertz CT molecular complexity index is 1280. The summed E-state index contributed by atoms with van der Waals surface area (Å²) in [5.74, 6) is 1.38. The lowest BCUT2D eigenvalue weighted by Gasteiger charge is -2.17. The standard InChI is InChI=1S/C27H33N5O2S/c1-4-18-9-11-22-25(15-18)35-27(29-22)26(19-10-12-23(33-2)24(16-19)34-3)32-17-21(30-31-32)13-14-28-20-7-5-6-8-20/h9-12,15-17,20,26,28H,4-8,13-14H2,1-3H3. The number of rotatable bonds is 10. The van der Waals surface area contributed by atoms with Gasteiger partial charge in [-0.3, -0.25) is 0 Å². The van der Waals surface area contributed by atoms with Crippen LogP contribution in [0.25, 0.3) is 10.2 Å². The normalized spacial score (nSPS) is 15.1. The zero-order valence-corrected chi connectivity index (χ0v) is 21.5. The SMILES string of the molecule is CCc1ccc2nc(C(c3ccc(OC)c(OC)c3)n3cc(CCNC4CCCC4)nn3)sc2c1. The molecule has 1 unspecified atom stereocenters. The van der Waals surface area contributed by atoms with E-state index < -0.39 is 0 Å². The molecule has 0 spiro atoms. The van der Waals surface area contributed by atoms with Crippen LogP contribution in [-0.2, 0) is 12.8 Å². The van der Waals surface area contributed by atoms with E-state index in [1.165, 1.54) is 35.9 Å². The second kappa shape index (κ2) is 10.7. The summed E-state index contributed by atoms with van der Waals surface area (Å²) < 4.78 is 14.2. The Kier molecular flexibility index (Phi) is 7.29. The fourth-order valence-corrected chi connectivity index (χ4v) is 6.00. The molecule has 5 rings (SSSR count). The summed E-state index contributed by atoms with van der Waals surface area (Å²) in [6, 6.07) is 13.0. The zero-order valence-electron chi connectivity index (χ0n) is 20.7. The van der Waals surface area contributed by atoms with Crippen molar-refractivity contribution in [3.8, 4) is 11.5 Å². The molecule has 0 radical (unpaired) electrons. The number of aryl methyl sites for hydroxylation is 1. The van der Waals surface area contributed by atoms with Crippen LogP contribution < -0.4 is 14.8 Å². The van der Waals surface area contributed by atoms with Gasteiger partial charge >= 0.3 is 0 Å². The molecule has 1 aliphatic rings. The highest BCUT2D eigenvalue weighted by atomic mass is 32.1. The molecule has 8 heteroatoms. The second-order valence-corrected chi connectivity index (χ2v) is 10.2. The van der Waals surface area contributed by atoms with E-state index in [0.29, 0.717) is 17.5 Å². The lowest BCUT2D eigenvalue weighted by molar-refractivity contribution is 0.354. The molecule has 0 amide bonds. The molecule has 1 aliphatic carbocycles. The Morgan fingerprint density at radius 1 is 1.09 bits per heavy atom. The third-order valence-electron chi connectivity index (χ3n) is 6.83. The van der Waals surface area contributed by atoms with E-state index in [1.807, 2.05) is 16.8 Å². The maximum atomic E-state index is 5.60. The summed E-state index contributed by atoms with van der Waals surface area (Å²) in [5, 5.41) is 13.7. The van der Waals surface area contributed by atoms with Crippen molar-refractivity contribution in [3.05, 3.63) is 64.4 Å². The zero-order chi connectivity index (χ0) is 24.2. The van der Waals surface area contributed by atoms with E-state index >= 15 is 0 Å². The maximum Gasteiger partial charge on any atom is 0.161 e. The number of hydrogen-bond acceptors (Lipinski definition) is 7. The fraction of sp³-hybridized carbons (Fsp3) is 0.444. The highest BCUT2D eigenvalue weighted by molar-refractivity contribution is 7.18. The van der Waals surface area contributed by atoms with Gasteiger partial charge in [0.25, 0.3) is 0 Å². The van der Waals surface area contributed by atoms with Crippen LogP contribution in [0.15, 0.2) is 42.6 Å². The van der Waals surface area contributed by atoms with E-state index in [2.05, 4.69) is 53.0 Å². The van der Waals surface area contributed by atoms with Crippen LogP contribution >= 0.6 is 11.3 Å². The van der Waals surface area contributed by atoms with Gasteiger partial charge in [0.1, 0.15) is 11.0 Å². The summed E-state index contributed by atoms with van der Waals surface area (Å²) >= 11 is 1.71. The van der Waals surface area contributed by atoms with Crippen molar-refractivity contribution in [1.82, 2.24) is 25.3 Å². The lowest BCUT2D eigenvalue weighted by atomic mass is 10.1. The van der Waals surface area contributed by atoms with Crippen molar-refractivity contribution in [1.29, 1.82) is 0 Å². The number of nitrogens with one attached hydrogen (secondary N) is 1. The van der Waals surface area contributed by atoms with Crippen LogP contribution in [0.4, 0.5) is 0 Å². The number of benzene rings is 2. The molecule has 0 aliphatic heterocycles. The smallest absolute Gasteiger partial charge is 0.161 e. The monoisotopic (exact) mass is 491 g/mol. The van der Waals surface area contributed by atoms with E-state index in [-0.39, 0.29) is 6.04 Å². The number of nitrogens with zero attached hydrogens (tertiary/aromatic N) is 4. The molecule has 0 bridgehead atoms. The third kappa shape index (κ3) is 5.18. The van der Waals surface area contributed by atoms with Crippen molar-refractivity contribution in [2.45, 2.75) is 57.5 Å². The Morgan fingerprint density at radius 3 is 2.69 bits per heavy atom. The Balaban J connectivity index is 1.47. The Hall–Kier alpha value is -2.97. The van der Waals surface area contributed by atoms with Gasteiger partial charge in [-0.2, -0.15) is 0 Å². The number of ether oxygens (including phenoxy) is 2. The van der Waals surface area contributed by atoms with E-state index in [1.54, 1.807) is 25.6 Å². The van der Waals surface area contributed by atoms with E-state index in [4.69, 9.17) is 14.5 Å². The van der Waals surface area contributed by atoms with Crippen molar-refractivity contribution in [2.75, 3.05) is 20.8 Å². The molecule has 184 valence electrons. The number of aromatic nitrogens is 4. The fourth-order valence-electron chi connectivity index (χ4n) is 4.84. The Morgan fingerprint density at radius 2 is 1.91 bits per heavy atom. The largest absolute Gasteiger partial charge is 0.493 e. The first-order valence-electron chi connectivity index (χ1n) is 12.4. The molecular formula is C27H33N5O2S. The molecule has 7 nitrogen and oxygen atoms in total. The van der Waals surface area contributed by atoms with Gasteiger partial charge in [0.15, 0.2) is 11.5 Å². The van der Waals surface area contributed by atoms with Gasteiger partial charge in [-0.05, 0) is 54.7 Å². The number of fused-ring (bicyclic) bond motifs is 1. The molecular weight excluding hydrogens is 458 g/mol. The van der Waals surface area contributed by atoms with Crippen LogP contribution in [0.2, 0.25) is 0 Å². The van der Waals surface area contributed by atoms with Crippen LogP contribution in [-0.4, -0.2) is 46.8 Å². The van der Waals surface area contributed by atoms with Crippen molar-refractivity contribution in [2.24, 2.45) is 0 Å². The first-order valence-corrected chi connectivity index (χ1v) is 13.3. The lowest BCUT2D eigenvalue weighted by Crippen LogP contribution is -2.28. The molecule has 1 saturated carbocycles. The minimum absolute atomic E-state index is 0.207. The van der Waals surface area contributed by atoms with Crippen molar-refractivity contribution >= 4 is 21.6 Å². The number of thiazole rings is 1. The highest BCUT2D eigenvalue weighted by Crippen LogP contribution is 2.37. The summed E-state index contributed by atoms with van der Waals surface area (Å²) in [4.78, 5) is 5.01. The van der Waals surface area contributed by atoms with E-state index in [0.717, 1.165) is 41.2 Å². The molecule has 2 heterocycles. The summed E-state index contributed by atoms with van der Waals surface area (Å²) in [6.45, 7) is 3.10. The average molecular weight is 492 g/mol. The van der Waals surface area contributed by atoms with Crippen LogP contribution in [0.1, 0.15) is 60.5 Å². The van der Waals surface area contributed by atoms with Gasteiger partial charge in [0, 0.05) is 25.2 Å². The van der Waals surface area contributed by atoms with Gasteiger partial charge in [-0.25, -0.2) is 9.67 Å². The maximum absolute atomic E-state index is 5.60. The molecule has 1 atom stereocenters. The molecule has 0 saturated heterocycles. The first-order chi connectivity index (χ1) is 17.2. The van der Waals surface area contributed by atoms with Crippen LogP contribution in [0.3, 0.4) is 0 Å². The van der Waals surface area contributed by atoms with Gasteiger partial charge < -0.3 is 14.8 Å². The predicted molar refractivity (Wildman–Crippen MR) is 140 cm³/mol. The van der Waals surface area contributed by atoms with Gasteiger partial charge in [-0.15, -0.1) is 16.4 Å². The average Bonchev–Trinajstić information content (AvgIpc) is 3.65. The highest BCUT2D eigenvalue weighted by Gasteiger charge is 2.24. The quantitative estimate of drug-likeness (QED) is 0.330. The summed E-state index contributed by atoms with van der Waals surface area (Å²) in [6.07, 6.45) is 9.15. The number of methoxy groups -OCH3 is 2. The molecule has 1 N–H and O–H groups in total. The van der Waals surface area contributed by atoms with Gasteiger partial charge in [0.2, 0.25) is 0 Å². The van der Waals surface area contributed by atoms with Crippen molar-refractivity contribution in [3.63, 3.8) is 0 Å². The topological polar surface area (TPSA) is 74.1 Å². The van der Waals surface area contributed by atoms with Gasteiger partial charge in [-0.1, -0.05) is 37.1 Å². The molecule has 1 fully saturated rings. The third-order valence-corrected chi connectivity index (χ3v) is 7.90. The van der Waals surface area contributed by atoms with Crippen molar-refractivity contribution < 1.29 is 9.47 Å². The van der Waals surface area contributed by atoms with Crippen LogP contribution in [0.5, 0.6) is 11.5 Å². The minimum Gasteiger partial charge on any atom is -0.493 e.